The summed E-state index contributed by atoms with van der Waals surface area (Å²) in [6.07, 6.45) is 6.04. The van der Waals surface area contributed by atoms with Crippen molar-refractivity contribution in [2.75, 3.05) is 0 Å². The van der Waals surface area contributed by atoms with Crippen LogP contribution in [0.15, 0.2) is 12.4 Å². The monoisotopic (exact) mass is 350 g/mol. The Kier molecular flexibility index (Phi) is 5.23. The van der Waals surface area contributed by atoms with Crippen molar-refractivity contribution in [2.45, 2.75) is 52.1 Å². The van der Waals surface area contributed by atoms with Crippen LogP contribution in [0.4, 0.5) is 4.39 Å². The number of nitrogens with zero attached hydrogens (tertiary/aromatic N) is 4. The minimum absolute atomic E-state index is 0.0829. The highest BCUT2D eigenvalue weighted by Gasteiger charge is 2.26. The third-order valence-corrected chi connectivity index (χ3v) is 4.51. The van der Waals surface area contributed by atoms with Crippen molar-refractivity contribution in [3.05, 3.63) is 40.6 Å². The third kappa shape index (κ3) is 4.17. The summed E-state index contributed by atoms with van der Waals surface area (Å²) >= 11 is 5.86. The maximum Gasteiger partial charge on any atom is 0.222 e. The van der Waals surface area contributed by atoms with Gasteiger partial charge in [0.25, 0.3) is 0 Å². The molecule has 1 fully saturated rings. The number of ether oxygens (including phenoxy) is 1. The van der Waals surface area contributed by atoms with E-state index in [1.807, 2.05) is 13.0 Å². The lowest BCUT2D eigenvalue weighted by atomic mass is 9.84. The molecule has 2 heterocycles. The molecule has 0 amide bonds. The molecule has 1 aliphatic rings. The zero-order valence-electron chi connectivity index (χ0n) is 13.8. The van der Waals surface area contributed by atoms with E-state index in [1.165, 1.54) is 6.33 Å². The molecule has 0 aromatic carbocycles. The molecule has 128 valence electrons. The Bertz CT molecular complexity index is 728. The van der Waals surface area contributed by atoms with E-state index in [2.05, 4.69) is 19.9 Å². The molecule has 2 unspecified atom stereocenters. The Morgan fingerprint density at radius 3 is 2.88 bits per heavy atom. The number of halogens is 2. The first kappa shape index (κ1) is 17.0. The van der Waals surface area contributed by atoms with Crippen molar-refractivity contribution >= 4 is 11.6 Å². The SMILES string of the molecule is Cc1cc(OC2CCCC(Cc3nc(Cl)nc(C)c3F)C2)ncn1. The molecule has 7 heteroatoms. The molecule has 2 aromatic heterocycles. The van der Waals surface area contributed by atoms with Gasteiger partial charge in [0.1, 0.15) is 12.4 Å². The van der Waals surface area contributed by atoms with Crippen LogP contribution in [0.25, 0.3) is 0 Å². The van der Waals surface area contributed by atoms with Gasteiger partial charge in [-0.3, -0.25) is 0 Å². The summed E-state index contributed by atoms with van der Waals surface area (Å²) in [5.41, 5.74) is 1.57. The van der Waals surface area contributed by atoms with Crippen LogP contribution in [0.3, 0.4) is 0 Å². The predicted octanol–water partition coefficient (Wildman–Crippen LogP) is 3.86. The van der Waals surface area contributed by atoms with E-state index in [0.29, 0.717) is 29.6 Å². The van der Waals surface area contributed by atoms with Crippen LogP contribution in [0.5, 0.6) is 5.88 Å². The van der Waals surface area contributed by atoms with Gasteiger partial charge in [0.15, 0.2) is 5.82 Å². The molecule has 2 atom stereocenters. The molecule has 2 aromatic rings. The van der Waals surface area contributed by atoms with Gasteiger partial charge in [-0.05, 0) is 63.5 Å². The minimum Gasteiger partial charge on any atom is -0.474 e. The first-order valence-electron chi connectivity index (χ1n) is 8.15. The Labute approximate surface area is 145 Å². The predicted molar refractivity (Wildman–Crippen MR) is 88.6 cm³/mol. The summed E-state index contributed by atoms with van der Waals surface area (Å²) in [4.78, 5) is 16.1. The van der Waals surface area contributed by atoms with Gasteiger partial charge < -0.3 is 4.74 Å². The molecule has 0 saturated heterocycles. The van der Waals surface area contributed by atoms with Gasteiger partial charge in [0.05, 0.1) is 11.4 Å². The number of aromatic nitrogens is 4. The maximum absolute atomic E-state index is 14.2. The molecule has 5 nitrogen and oxygen atoms in total. The molecule has 0 radical (unpaired) electrons. The highest BCUT2D eigenvalue weighted by Crippen LogP contribution is 2.30. The van der Waals surface area contributed by atoms with Crippen LogP contribution in [0, 0.1) is 25.6 Å². The minimum atomic E-state index is -0.353. The molecule has 0 bridgehead atoms. The average molecular weight is 351 g/mol. The van der Waals surface area contributed by atoms with Crippen LogP contribution in [-0.4, -0.2) is 26.0 Å². The van der Waals surface area contributed by atoms with Crippen molar-refractivity contribution in [1.82, 2.24) is 19.9 Å². The fraction of sp³-hybridized carbons (Fsp3) is 0.529. The average Bonchev–Trinajstić information content (AvgIpc) is 2.52. The third-order valence-electron chi connectivity index (χ3n) is 4.34. The first-order valence-corrected chi connectivity index (χ1v) is 8.53. The van der Waals surface area contributed by atoms with Gasteiger partial charge in [-0.15, -0.1) is 0 Å². The fourth-order valence-electron chi connectivity index (χ4n) is 3.19. The van der Waals surface area contributed by atoms with E-state index in [1.54, 1.807) is 6.92 Å². The summed E-state index contributed by atoms with van der Waals surface area (Å²) in [5, 5.41) is 0.101. The van der Waals surface area contributed by atoms with Crippen molar-refractivity contribution in [2.24, 2.45) is 5.92 Å². The topological polar surface area (TPSA) is 60.8 Å². The zero-order chi connectivity index (χ0) is 17.1. The summed E-state index contributed by atoms with van der Waals surface area (Å²) in [6, 6.07) is 1.83. The van der Waals surface area contributed by atoms with Crippen LogP contribution in [0.1, 0.15) is 42.8 Å². The van der Waals surface area contributed by atoms with Gasteiger partial charge >= 0.3 is 0 Å². The normalized spacial score (nSPS) is 20.8. The van der Waals surface area contributed by atoms with E-state index >= 15 is 0 Å². The molecule has 0 aliphatic heterocycles. The summed E-state index contributed by atoms with van der Waals surface area (Å²) < 4.78 is 20.2. The molecule has 0 N–H and O–H groups in total. The largest absolute Gasteiger partial charge is 0.474 e. The van der Waals surface area contributed by atoms with Crippen molar-refractivity contribution in [3.63, 3.8) is 0 Å². The van der Waals surface area contributed by atoms with Crippen molar-refractivity contribution in [3.8, 4) is 5.88 Å². The van der Waals surface area contributed by atoms with E-state index in [0.717, 1.165) is 31.4 Å². The van der Waals surface area contributed by atoms with Gasteiger partial charge in [-0.1, -0.05) is 0 Å². The van der Waals surface area contributed by atoms with E-state index < -0.39 is 0 Å². The van der Waals surface area contributed by atoms with Crippen LogP contribution in [0.2, 0.25) is 5.28 Å². The smallest absolute Gasteiger partial charge is 0.222 e. The first-order chi connectivity index (χ1) is 11.5. The molecule has 0 spiro atoms. The van der Waals surface area contributed by atoms with E-state index in [9.17, 15) is 4.39 Å². The second-order valence-electron chi connectivity index (χ2n) is 6.31. The highest BCUT2D eigenvalue weighted by molar-refractivity contribution is 6.28. The lowest BCUT2D eigenvalue weighted by Crippen LogP contribution is -2.27. The van der Waals surface area contributed by atoms with Gasteiger partial charge in [0.2, 0.25) is 11.2 Å². The molecular formula is C17H20ClFN4O. The second-order valence-corrected chi connectivity index (χ2v) is 6.65. The summed E-state index contributed by atoms with van der Waals surface area (Å²) in [5.74, 6) is 0.556. The van der Waals surface area contributed by atoms with Gasteiger partial charge in [-0.25, -0.2) is 24.3 Å². The maximum atomic E-state index is 14.2. The van der Waals surface area contributed by atoms with Gasteiger partial charge in [0, 0.05) is 11.8 Å². The number of hydrogen-bond donors (Lipinski definition) is 0. The number of aryl methyl sites for hydroxylation is 2. The lowest BCUT2D eigenvalue weighted by Gasteiger charge is -2.29. The van der Waals surface area contributed by atoms with Crippen LogP contribution < -0.4 is 4.74 Å². The quantitative estimate of drug-likeness (QED) is 0.784. The second kappa shape index (κ2) is 7.38. The van der Waals surface area contributed by atoms with E-state index in [4.69, 9.17) is 16.3 Å². The Hall–Kier alpha value is -1.82. The molecule has 24 heavy (non-hydrogen) atoms. The standard InChI is InChI=1S/C17H20ClFN4O/c1-10-6-15(21-9-20-10)24-13-5-3-4-12(7-13)8-14-16(19)11(2)22-17(18)23-14/h6,9,12-13H,3-5,7-8H2,1-2H3. The number of rotatable bonds is 4. The Morgan fingerprint density at radius 2 is 2.08 bits per heavy atom. The fourth-order valence-corrected chi connectivity index (χ4v) is 3.42. The van der Waals surface area contributed by atoms with Gasteiger partial charge in [-0.2, -0.15) is 0 Å². The number of hydrogen-bond acceptors (Lipinski definition) is 5. The summed E-state index contributed by atoms with van der Waals surface area (Å²) in [6.45, 7) is 3.51. The van der Waals surface area contributed by atoms with Crippen LogP contribution in [-0.2, 0) is 6.42 Å². The van der Waals surface area contributed by atoms with Crippen LogP contribution >= 0.6 is 11.6 Å². The zero-order valence-corrected chi connectivity index (χ0v) is 14.6. The molecule has 3 rings (SSSR count). The molecule has 1 saturated carbocycles. The van der Waals surface area contributed by atoms with Crippen molar-refractivity contribution in [1.29, 1.82) is 0 Å². The Morgan fingerprint density at radius 1 is 1.25 bits per heavy atom. The summed E-state index contributed by atoms with van der Waals surface area (Å²) in [7, 11) is 0. The molecular weight excluding hydrogens is 331 g/mol. The highest BCUT2D eigenvalue weighted by atomic mass is 35.5. The lowest BCUT2D eigenvalue weighted by molar-refractivity contribution is 0.117. The van der Waals surface area contributed by atoms with E-state index in [-0.39, 0.29) is 17.2 Å². The van der Waals surface area contributed by atoms with Crippen molar-refractivity contribution < 1.29 is 9.13 Å². The molecule has 1 aliphatic carbocycles. The Balaban J connectivity index is 1.66.